The molecule has 2 aromatic carbocycles. The Morgan fingerprint density at radius 1 is 0.941 bits per heavy atom. The van der Waals surface area contributed by atoms with E-state index in [1.807, 2.05) is 24.4 Å². The number of benzene rings is 2. The first kappa shape index (κ1) is 22.0. The number of fused-ring (bicyclic) bond motifs is 1. The minimum absolute atomic E-state index is 0.251. The number of hydrogen-bond acceptors (Lipinski definition) is 6. The Morgan fingerprint density at radius 3 is 2.68 bits per heavy atom. The molecule has 0 bridgehead atoms. The van der Waals surface area contributed by atoms with Crippen molar-refractivity contribution in [3.05, 3.63) is 100 Å². The second-order valence-electron chi connectivity index (χ2n) is 8.62. The number of nitrogens with one attached hydrogen (secondary N) is 1. The maximum atomic E-state index is 5.81. The third kappa shape index (κ3) is 4.50. The van der Waals surface area contributed by atoms with E-state index in [9.17, 15) is 0 Å². The molecule has 3 N–H and O–H groups in total. The normalized spacial score (nSPS) is 12.1. The van der Waals surface area contributed by atoms with Gasteiger partial charge in [0, 0.05) is 27.4 Å². The van der Waals surface area contributed by atoms with Crippen LogP contribution in [0.4, 0.5) is 11.6 Å². The number of rotatable bonds is 6. The minimum atomic E-state index is 0.251. The van der Waals surface area contributed by atoms with Crippen LogP contribution >= 0.6 is 11.3 Å². The molecule has 1 unspecified atom stereocenters. The van der Waals surface area contributed by atoms with Crippen LogP contribution in [0, 0.1) is 13.8 Å². The van der Waals surface area contributed by atoms with Gasteiger partial charge in [0.15, 0.2) is 0 Å². The van der Waals surface area contributed by atoms with E-state index in [0.29, 0.717) is 12.4 Å². The maximum Gasteiger partial charge on any atom is 0.142 e. The smallest absolute Gasteiger partial charge is 0.142 e. The van der Waals surface area contributed by atoms with Crippen LogP contribution in [0.15, 0.2) is 73.1 Å². The van der Waals surface area contributed by atoms with Crippen molar-refractivity contribution in [2.24, 2.45) is 0 Å². The van der Waals surface area contributed by atoms with Crippen LogP contribution in [0.3, 0.4) is 0 Å². The summed E-state index contributed by atoms with van der Waals surface area (Å²) in [6.07, 6.45) is 3.43. The lowest BCUT2D eigenvalue weighted by Gasteiger charge is -2.18. The fourth-order valence-electron chi connectivity index (χ4n) is 4.11. The van der Waals surface area contributed by atoms with Crippen LogP contribution in [-0.2, 0) is 6.54 Å². The summed E-state index contributed by atoms with van der Waals surface area (Å²) in [6, 6.07) is 21.3. The Kier molecular flexibility index (Phi) is 5.99. The number of thiophene rings is 1. The van der Waals surface area contributed by atoms with Crippen molar-refractivity contribution >= 4 is 34.0 Å². The number of nitrogens with two attached hydrogens (primary N) is 1. The van der Waals surface area contributed by atoms with Crippen LogP contribution in [0.2, 0.25) is 0 Å². The summed E-state index contributed by atoms with van der Waals surface area (Å²) >= 11 is 1.76. The second kappa shape index (κ2) is 9.23. The highest BCUT2D eigenvalue weighted by atomic mass is 32.1. The van der Waals surface area contributed by atoms with E-state index in [0.717, 1.165) is 22.4 Å². The molecule has 5 rings (SSSR count). The lowest BCUT2D eigenvalue weighted by Crippen LogP contribution is -2.06. The van der Waals surface area contributed by atoms with Gasteiger partial charge in [-0.3, -0.25) is 4.98 Å². The average Bonchev–Trinajstić information content (AvgIpc) is 3.33. The van der Waals surface area contributed by atoms with Crippen molar-refractivity contribution < 1.29 is 0 Å². The molecule has 0 saturated heterocycles. The van der Waals surface area contributed by atoms with Crippen molar-refractivity contribution in [2.75, 3.05) is 11.1 Å². The highest BCUT2D eigenvalue weighted by Gasteiger charge is 2.15. The Labute approximate surface area is 203 Å². The number of pyridine rings is 1. The third-order valence-electron chi connectivity index (χ3n) is 6.27. The van der Waals surface area contributed by atoms with Gasteiger partial charge in [0.05, 0.1) is 23.8 Å². The number of hydrogen-bond donors (Lipinski definition) is 2. The quantitative estimate of drug-likeness (QED) is 0.291. The van der Waals surface area contributed by atoms with Crippen molar-refractivity contribution in [3.63, 3.8) is 0 Å². The van der Waals surface area contributed by atoms with Crippen molar-refractivity contribution in [2.45, 2.75) is 33.2 Å². The predicted molar refractivity (Wildman–Crippen MR) is 142 cm³/mol. The minimum Gasteiger partial charge on any atom is -0.382 e. The van der Waals surface area contributed by atoms with E-state index in [2.05, 4.69) is 83.5 Å². The van der Waals surface area contributed by atoms with E-state index in [-0.39, 0.29) is 5.92 Å². The molecule has 0 fully saturated rings. The maximum absolute atomic E-state index is 5.81. The van der Waals surface area contributed by atoms with Crippen LogP contribution in [0.25, 0.3) is 21.5 Å². The molecule has 0 aliphatic rings. The van der Waals surface area contributed by atoms with Gasteiger partial charge in [0.25, 0.3) is 0 Å². The van der Waals surface area contributed by atoms with Crippen molar-refractivity contribution in [1.29, 1.82) is 0 Å². The van der Waals surface area contributed by atoms with Gasteiger partial charge in [-0.2, -0.15) is 0 Å². The van der Waals surface area contributed by atoms with Gasteiger partial charge in [0.2, 0.25) is 0 Å². The molecule has 170 valence electrons. The molecular formula is C28H27N5S. The zero-order valence-corrected chi connectivity index (χ0v) is 20.4. The van der Waals surface area contributed by atoms with Gasteiger partial charge >= 0.3 is 0 Å². The Bertz CT molecular complexity index is 1470. The first-order chi connectivity index (χ1) is 16.5. The standard InChI is InChI=1S/C28H27N5S/c1-17-6-7-20(13-18(17)2)19(3)23-5-4-12-30-28(23)32-15-22-9-11-26(34-22)21-8-10-24-25(14-21)33-27(29)16-31-24/h4-14,16,19H,15H2,1-3H3,(H2,29,33)(H,30,32). The average molecular weight is 466 g/mol. The molecule has 3 aromatic heterocycles. The first-order valence-corrected chi connectivity index (χ1v) is 12.2. The molecule has 3 heterocycles. The first-order valence-electron chi connectivity index (χ1n) is 11.4. The fourth-order valence-corrected chi connectivity index (χ4v) is 5.05. The van der Waals surface area contributed by atoms with Crippen LogP contribution in [-0.4, -0.2) is 15.0 Å². The fraction of sp³-hybridized carbons (Fsp3) is 0.179. The zero-order valence-electron chi connectivity index (χ0n) is 19.5. The highest BCUT2D eigenvalue weighted by Crippen LogP contribution is 2.32. The number of anilines is 2. The highest BCUT2D eigenvalue weighted by molar-refractivity contribution is 7.15. The molecule has 0 aliphatic carbocycles. The summed E-state index contributed by atoms with van der Waals surface area (Å²) in [4.78, 5) is 15.8. The van der Waals surface area contributed by atoms with Gasteiger partial charge in [-0.15, -0.1) is 11.3 Å². The van der Waals surface area contributed by atoms with E-state index in [1.54, 1.807) is 17.5 Å². The summed E-state index contributed by atoms with van der Waals surface area (Å²) in [5.74, 6) is 1.61. The topological polar surface area (TPSA) is 76.7 Å². The molecule has 6 heteroatoms. The molecule has 0 saturated carbocycles. The molecule has 0 aliphatic heterocycles. The van der Waals surface area contributed by atoms with Gasteiger partial charge in [-0.1, -0.05) is 37.3 Å². The summed E-state index contributed by atoms with van der Waals surface area (Å²) < 4.78 is 0. The third-order valence-corrected chi connectivity index (χ3v) is 7.41. The van der Waals surface area contributed by atoms with E-state index < -0.39 is 0 Å². The SMILES string of the molecule is Cc1ccc(C(C)c2cccnc2NCc2ccc(-c3ccc4ncc(N)nc4c3)s2)cc1C. The van der Waals surface area contributed by atoms with E-state index in [4.69, 9.17) is 5.73 Å². The molecule has 5 aromatic rings. The summed E-state index contributed by atoms with van der Waals surface area (Å²) in [5.41, 5.74) is 13.7. The van der Waals surface area contributed by atoms with Gasteiger partial charge in [0.1, 0.15) is 11.6 Å². The molecule has 34 heavy (non-hydrogen) atoms. The van der Waals surface area contributed by atoms with Crippen molar-refractivity contribution in [1.82, 2.24) is 15.0 Å². The van der Waals surface area contributed by atoms with Crippen LogP contribution in [0.5, 0.6) is 0 Å². The lowest BCUT2D eigenvalue weighted by atomic mass is 9.91. The number of aromatic nitrogens is 3. The van der Waals surface area contributed by atoms with Gasteiger partial charge in [-0.25, -0.2) is 9.97 Å². The molecule has 1 atom stereocenters. The molecular weight excluding hydrogens is 438 g/mol. The molecule has 0 amide bonds. The number of nitrogens with zero attached hydrogens (tertiary/aromatic N) is 3. The largest absolute Gasteiger partial charge is 0.382 e. The Hall–Kier alpha value is -3.77. The van der Waals surface area contributed by atoms with Gasteiger partial charge < -0.3 is 11.1 Å². The zero-order chi connectivity index (χ0) is 23.7. The molecule has 0 radical (unpaired) electrons. The Balaban J connectivity index is 1.34. The second-order valence-corrected chi connectivity index (χ2v) is 9.79. The molecule has 0 spiro atoms. The number of aryl methyl sites for hydroxylation is 2. The summed E-state index contributed by atoms with van der Waals surface area (Å²) in [7, 11) is 0. The van der Waals surface area contributed by atoms with Gasteiger partial charge in [-0.05, 0) is 66.4 Å². The summed E-state index contributed by atoms with van der Waals surface area (Å²) in [5, 5.41) is 3.57. The van der Waals surface area contributed by atoms with Crippen LogP contribution < -0.4 is 11.1 Å². The predicted octanol–water partition coefficient (Wildman–Crippen LogP) is 6.72. The van der Waals surface area contributed by atoms with E-state index >= 15 is 0 Å². The Morgan fingerprint density at radius 2 is 1.82 bits per heavy atom. The lowest BCUT2D eigenvalue weighted by molar-refractivity contribution is 0.904. The molecule has 5 nitrogen and oxygen atoms in total. The monoisotopic (exact) mass is 465 g/mol. The number of nitrogen functional groups attached to an aromatic ring is 1. The van der Waals surface area contributed by atoms with E-state index in [1.165, 1.54) is 32.0 Å². The van der Waals surface area contributed by atoms with Crippen molar-refractivity contribution in [3.8, 4) is 10.4 Å². The summed E-state index contributed by atoms with van der Waals surface area (Å²) in [6.45, 7) is 7.27. The van der Waals surface area contributed by atoms with Crippen LogP contribution in [0.1, 0.15) is 40.0 Å².